The molecule has 0 aliphatic carbocycles. The van der Waals surface area contributed by atoms with E-state index in [0.29, 0.717) is 5.69 Å². The predicted octanol–water partition coefficient (Wildman–Crippen LogP) is 2.00. The molecule has 20 heavy (non-hydrogen) atoms. The Hall–Kier alpha value is -2.24. The fourth-order valence-electron chi connectivity index (χ4n) is 1.72. The third-order valence-corrected chi connectivity index (χ3v) is 3.20. The van der Waals surface area contributed by atoms with E-state index in [9.17, 15) is 9.59 Å². The van der Waals surface area contributed by atoms with Gasteiger partial charge >= 0.3 is 12.0 Å². The van der Waals surface area contributed by atoms with Crippen LogP contribution in [-0.4, -0.2) is 49.2 Å². The lowest BCUT2D eigenvalue weighted by Gasteiger charge is -2.23. The first-order valence-electron chi connectivity index (χ1n) is 6.28. The normalized spacial score (nSPS) is 11.7. The van der Waals surface area contributed by atoms with Crippen molar-refractivity contribution in [3.8, 4) is 0 Å². The first-order chi connectivity index (χ1) is 9.23. The number of hydrogen-bond acceptors (Lipinski definition) is 3. The van der Waals surface area contributed by atoms with Gasteiger partial charge in [0.1, 0.15) is 6.04 Å². The maximum Gasteiger partial charge on any atom is 0.326 e. The number of benzene rings is 1. The minimum Gasteiger partial charge on any atom is -0.480 e. The highest BCUT2D eigenvalue weighted by atomic mass is 16.4. The summed E-state index contributed by atoms with van der Waals surface area (Å²) in [4.78, 5) is 25.9. The molecule has 1 atom stereocenters. The second-order valence-electron chi connectivity index (χ2n) is 4.95. The quantitative estimate of drug-likeness (QED) is 0.884. The molecular formula is C14H21N3O3. The van der Waals surface area contributed by atoms with E-state index in [0.717, 1.165) is 16.2 Å². The van der Waals surface area contributed by atoms with Crippen LogP contribution >= 0.6 is 0 Å². The van der Waals surface area contributed by atoms with Crippen molar-refractivity contribution in [1.29, 1.82) is 0 Å². The van der Waals surface area contributed by atoms with Crippen LogP contribution in [0, 0.1) is 6.92 Å². The summed E-state index contributed by atoms with van der Waals surface area (Å²) in [5, 5.41) is 11.6. The minimum absolute atomic E-state index is 0.451. The lowest BCUT2D eigenvalue weighted by atomic mass is 10.1. The van der Waals surface area contributed by atoms with Crippen LogP contribution in [0.15, 0.2) is 18.2 Å². The van der Waals surface area contributed by atoms with Gasteiger partial charge in [-0.15, -0.1) is 0 Å². The van der Waals surface area contributed by atoms with Crippen molar-refractivity contribution in [3.05, 3.63) is 23.8 Å². The van der Waals surface area contributed by atoms with Crippen LogP contribution in [0.2, 0.25) is 0 Å². The number of anilines is 2. The lowest BCUT2D eigenvalue weighted by Crippen LogP contribution is -2.42. The second-order valence-corrected chi connectivity index (χ2v) is 4.95. The van der Waals surface area contributed by atoms with Crippen molar-refractivity contribution in [1.82, 2.24) is 4.90 Å². The molecule has 1 unspecified atom stereocenters. The Balaban J connectivity index is 2.86. The van der Waals surface area contributed by atoms with Gasteiger partial charge in [0.15, 0.2) is 0 Å². The molecule has 0 aliphatic rings. The topological polar surface area (TPSA) is 72.9 Å². The number of carbonyl (C=O) groups is 2. The molecule has 2 N–H and O–H groups in total. The van der Waals surface area contributed by atoms with Crippen LogP contribution < -0.4 is 10.2 Å². The zero-order chi connectivity index (χ0) is 15.4. The van der Waals surface area contributed by atoms with Crippen molar-refractivity contribution in [2.45, 2.75) is 19.9 Å². The Bertz CT molecular complexity index is 514. The summed E-state index contributed by atoms with van der Waals surface area (Å²) < 4.78 is 0. The van der Waals surface area contributed by atoms with E-state index in [-0.39, 0.29) is 0 Å². The molecule has 0 heterocycles. The second kappa shape index (κ2) is 6.27. The van der Waals surface area contributed by atoms with Crippen molar-refractivity contribution in [3.63, 3.8) is 0 Å². The Labute approximate surface area is 119 Å². The van der Waals surface area contributed by atoms with Gasteiger partial charge < -0.3 is 20.2 Å². The largest absolute Gasteiger partial charge is 0.480 e. The molecule has 6 nitrogen and oxygen atoms in total. The highest BCUT2D eigenvalue weighted by molar-refractivity contribution is 5.92. The van der Waals surface area contributed by atoms with Crippen LogP contribution in [0.25, 0.3) is 0 Å². The molecule has 1 aromatic rings. The molecule has 0 spiro atoms. The van der Waals surface area contributed by atoms with Crippen LogP contribution in [0.1, 0.15) is 12.5 Å². The number of aryl methyl sites for hydroxylation is 1. The Morgan fingerprint density at radius 2 is 1.85 bits per heavy atom. The lowest BCUT2D eigenvalue weighted by molar-refractivity contribution is -0.141. The predicted molar refractivity (Wildman–Crippen MR) is 79.4 cm³/mol. The number of amides is 2. The summed E-state index contributed by atoms with van der Waals surface area (Å²) >= 11 is 0. The third-order valence-electron chi connectivity index (χ3n) is 3.20. The van der Waals surface area contributed by atoms with Crippen LogP contribution in [0.3, 0.4) is 0 Å². The molecule has 110 valence electrons. The average Bonchev–Trinajstić information content (AvgIpc) is 2.38. The van der Waals surface area contributed by atoms with E-state index in [1.165, 1.54) is 14.0 Å². The van der Waals surface area contributed by atoms with E-state index >= 15 is 0 Å². The summed E-state index contributed by atoms with van der Waals surface area (Å²) in [5.74, 6) is -1.04. The zero-order valence-corrected chi connectivity index (χ0v) is 12.5. The van der Waals surface area contributed by atoms with Crippen LogP contribution in [-0.2, 0) is 4.79 Å². The molecule has 0 radical (unpaired) electrons. The maximum atomic E-state index is 12.0. The number of hydrogen-bond donors (Lipinski definition) is 2. The summed E-state index contributed by atoms with van der Waals surface area (Å²) in [7, 11) is 5.30. The average molecular weight is 279 g/mol. The fourth-order valence-corrected chi connectivity index (χ4v) is 1.72. The molecule has 0 saturated carbocycles. The maximum absolute atomic E-state index is 12.0. The van der Waals surface area contributed by atoms with E-state index in [1.807, 2.05) is 38.1 Å². The third kappa shape index (κ3) is 3.63. The molecular weight excluding hydrogens is 258 g/mol. The molecule has 0 aliphatic heterocycles. The molecule has 6 heteroatoms. The minimum atomic E-state index is -1.04. The highest BCUT2D eigenvalue weighted by Crippen LogP contribution is 2.22. The Morgan fingerprint density at radius 1 is 1.25 bits per heavy atom. The van der Waals surface area contributed by atoms with Gasteiger partial charge in [0.25, 0.3) is 0 Å². The first kappa shape index (κ1) is 15.8. The molecule has 1 aromatic carbocycles. The summed E-state index contributed by atoms with van der Waals surface area (Å²) in [6.07, 6.45) is 0. The molecule has 0 aromatic heterocycles. The zero-order valence-electron chi connectivity index (χ0n) is 12.5. The fraction of sp³-hybridized carbons (Fsp3) is 0.429. The summed E-state index contributed by atoms with van der Waals surface area (Å²) in [6, 6.07) is 4.22. The van der Waals surface area contributed by atoms with Gasteiger partial charge in [-0.25, -0.2) is 9.59 Å². The van der Waals surface area contributed by atoms with Crippen LogP contribution in [0.5, 0.6) is 0 Å². The van der Waals surface area contributed by atoms with Gasteiger partial charge in [-0.1, -0.05) is 6.07 Å². The highest BCUT2D eigenvalue weighted by Gasteiger charge is 2.21. The number of nitrogens with one attached hydrogen (secondary N) is 1. The van der Waals surface area contributed by atoms with E-state index in [4.69, 9.17) is 5.11 Å². The van der Waals surface area contributed by atoms with Crippen molar-refractivity contribution >= 4 is 23.4 Å². The molecule has 0 saturated heterocycles. The van der Waals surface area contributed by atoms with Gasteiger partial charge in [0, 0.05) is 32.5 Å². The molecule has 2 amide bonds. The monoisotopic (exact) mass is 279 g/mol. The Kier molecular flexibility index (Phi) is 4.96. The number of nitrogens with zero attached hydrogens (tertiary/aromatic N) is 2. The van der Waals surface area contributed by atoms with Gasteiger partial charge in [-0.05, 0) is 31.5 Å². The summed E-state index contributed by atoms with van der Waals surface area (Å²) in [5.41, 5.74) is 2.73. The SMILES string of the molecule is Cc1ccc(NC(=O)N(C)C(C)C(=O)O)cc1N(C)C. The number of likely N-dealkylation sites (N-methyl/N-ethyl adjacent to an activating group) is 1. The van der Waals surface area contributed by atoms with E-state index in [2.05, 4.69) is 5.32 Å². The number of aliphatic carboxylic acids is 1. The number of carboxylic acids is 1. The Morgan fingerprint density at radius 3 is 2.35 bits per heavy atom. The summed E-state index contributed by atoms with van der Waals surface area (Å²) in [6.45, 7) is 3.45. The number of urea groups is 1. The van der Waals surface area contributed by atoms with Gasteiger partial charge in [-0.2, -0.15) is 0 Å². The van der Waals surface area contributed by atoms with E-state index in [1.54, 1.807) is 6.07 Å². The number of rotatable bonds is 4. The standard InChI is InChI=1S/C14H21N3O3/c1-9-6-7-11(8-12(9)16(3)4)15-14(20)17(5)10(2)13(18)19/h6-8,10H,1-5H3,(H,15,20)(H,18,19). The smallest absolute Gasteiger partial charge is 0.326 e. The van der Waals surface area contributed by atoms with Gasteiger partial charge in [0.05, 0.1) is 0 Å². The number of carboxylic acid groups (broad SMARTS) is 1. The van der Waals surface area contributed by atoms with Crippen molar-refractivity contribution in [2.75, 3.05) is 31.4 Å². The molecule has 1 rings (SSSR count). The first-order valence-corrected chi connectivity index (χ1v) is 6.28. The molecule has 0 fully saturated rings. The number of carbonyl (C=O) groups excluding carboxylic acids is 1. The van der Waals surface area contributed by atoms with E-state index < -0.39 is 18.0 Å². The van der Waals surface area contributed by atoms with Crippen molar-refractivity contribution < 1.29 is 14.7 Å². The van der Waals surface area contributed by atoms with Gasteiger partial charge in [-0.3, -0.25) is 0 Å². The van der Waals surface area contributed by atoms with Crippen LogP contribution in [0.4, 0.5) is 16.2 Å². The van der Waals surface area contributed by atoms with Gasteiger partial charge in [0.2, 0.25) is 0 Å². The van der Waals surface area contributed by atoms with Crippen molar-refractivity contribution in [2.24, 2.45) is 0 Å². The molecule has 0 bridgehead atoms.